The molecular weight excluding hydrogens is 234 g/mol. The van der Waals surface area contributed by atoms with Gasteiger partial charge in [0.15, 0.2) is 12.1 Å². The van der Waals surface area contributed by atoms with Gasteiger partial charge >= 0.3 is 0 Å². The molecule has 0 amide bonds. The Labute approximate surface area is 105 Å². The maximum atomic E-state index is 8.87. The molecule has 0 aliphatic rings. The monoisotopic (exact) mass is 249 g/mol. The molecule has 5 nitrogen and oxygen atoms in total. The minimum atomic E-state index is -1.61. The molecule has 1 heterocycles. The molecular formula is C13H15NO4. The van der Waals surface area contributed by atoms with Gasteiger partial charge < -0.3 is 19.5 Å². The predicted molar refractivity (Wildman–Crippen MR) is 63.4 cm³/mol. The average Bonchev–Trinajstić information content (AvgIpc) is 2.80. The first kappa shape index (κ1) is 12.8. The maximum absolute atomic E-state index is 8.87. The Bertz CT molecular complexity index is 507. The number of ether oxygens (including phenoxy) is 1. The number of benzene rings is 1. The first-order chi connectivity index (χ1) is 8.66. The van der Waals surface area contributed by atoms with Crippen molar-refractivity contribution >= 4 is 0 Å². The highest BCUT2D eigenvalue weighted by Crippen LogP contribution is 2.13. The molecule has 0 fully saturated rings. The summed E-state index contributed by atoms with van der Waals surface area (Å²) in [5.41, 5.74) is 2.37. The largest absolute Gasteiger partial charge is 0.369 e. The summed E-state index contributed by atoms with van der Waals surface area (Å²) in [6.45, 7) is 2.74. The number of hydrogen-bond acceptors (Lipinski definition) is 5. The molecule has 0 atom stereocenters. The minimum absolute atomic E-state index is 0.0875. The van der Waals surface area contributed by atoms with E-state index in [1.807, 2.05) is 31.2 Å². The fraction of sp³-hybridized carbons (Fsp3) is 0.308. The van der Waals surface area contributed by atoms with Crippen LogP contribution in [0.15, 0.2) is 34.9 Å². The Morgan fingerprint density at radius 1 is 1.28 bits per heavy atom. The second-order valence-electron chi connectivity index (χ2n) is 4.01. The molecule has 96 valence electrons. The summed E-state index contributed by atoms with van der Waals surface area (Å²) in [6.07, 6.45) is -1.61. The van der Waals surface area contributed by atoms with Crippen molar-refractivity contribution in [1.82, 2.24) is 5.16 Å². The third-order valence-electron chi connectivity index (χ3n) is 2.60. The van der Waals surface area contributed by atoms with Crippen molar-refractivity contribution in [2.24, 2.45) is 0 Å². The van der Waals surface area contributed by atoms with E-state index in [0.29, 0.717) is 12.4 Å². The lowest BCUT2D eigenvalue weighted by Gasteiger charge is -2.05. The Morgan fingerprint density at radius 3 is 2.72 bits per heavy atom. The van der Waals surface area contributed by atoms with Gasteiger partial charge in [0.05, 0.1) is 6.61 Å². The van der Waals surface area contributed by atoms with Gasteiger partial charge in [-0.15, -0.1) is 0 Å². The van der Waals surface area contributed by atoms with Crippen LogP contribution in [0.25, 0.3) is 0 Å². The van der Waals surface area contributed by atoms with Crippen LogP contribution in [-0.2, 0) is 18.0 Å². The Morgan fingerprint density at radius 2 is 2.06 bits per heavy atom. The van der Waals surface area contributed by atoms with Crippen LogP contribution < -0.4 is 0 Å². The smallest absolute Gasteiger partial charge is 0.199 e. The molecule has 1 aromatic carbocycles. The van der Waals surface area contributed by atoms with Crippen LogP contribution in [0.5, 0.6) is 0 Å². The number of aliphatic hydroxyl groups is 2. The van der Waals surface area contributed by atoms with Gasteiger partial charge in [0.25, 0.3) is 0 Å². The van der Waals surface area contributed by atoms with Crippen LogP contribution >= 0.6 is 0 Å². The fourth-order valence-electron chi connectivity index (χ4n) is 1.55. The number of rotatable bonds is 5. The van der Waals surface area contributed by atoms with Gasteiger partial charge in [0.1, 0.15) is 12.3 Å². The molecule has 0 saturated carbocycles. The highest BCUT2D eigenvalue weighted by atomic mass is 16.5. The molecule has 2 N–H and O–H groups in total. The molecule has 2 aromatic rings. The second-order valence-corrected chi connectivity index (χ2v) is 4.01. The first-order valence-electron chi connectivity index (χ1n) is 5.60. The minimum Gasteiger partial charge on any atom is -0.369 e. The quantitative estimate of drug-likeness (QED) is 0.788. The topological polar surface area (TPSA) is 75.7 Å². The molecule has 18 heavy (non-hydrogen) atoms. The predicted octanol–water partition coefficient (Wildman–Crippen LogP) is 1.68. The van der Waals surface area contributed by atoms with Crippen LogP contribution in [0.4, 0.5) is 0 Å². The van der Waals surface area contributed by atoms with E-state index >= 15 is 0 Å². The van der Waals surface area contributed by atoms with Crippen molar-refractivity contribution in [3.8, 4) is 0 Å². The van der Waals surface area contributed by atoms with Crippen molar-refractivity contribution in [1.29, 1.82) is 0 Å². The van der Waals surface area contributed by atoms with Crippen LogP contribution in [0.2, 0.25) is 0 Å². The van der Waals surface area contributed by atoms with E-state index in [1.54, 1.807) is 0 Å². The molecule has 0 radical (unpaired) electrons. The van der Waals surface area contributed by atoms with Gasteiger partial charge in [-0.1, -0.05) is 29.4 Å². The van der Waals surface area contributed by atoms with Gasteiger partial charge in [-0.3, -0.25) is 0 Å². The van der Waals surface area contributed by atoms with Crippen molar-refractivity contribution < 1.29 is 19.5 Å². The van der Waals surface area contributed by atoms with Crippen LogP contribution in [0, 0.1) is 6.92 Å². The molecule has 5 heteroatoms. The zero-order valence-corrected chi connectivity index (χ0v) is 10.0. The third kappa shape index (κ3) is 3.16. The van der Waals surface area contributed by atoms with E-state index < -0.39 is 6.29 Å². The fourth-order valence-corrected chi connectivity index (χ4v) is 1.55. The summed E-state index contributed by atoms with van der Waals surface area (Å²) in [4.78, 5) is 0. The molecule has 0 bridgehead atoms. The summed E-state index contributed by atoms with van der Waals surface area (Å²) in [7, 11) is 0. The summed E-state index contributed by atoms with van der Waals surface area (Å²) in [6, 6.07) is 9.42. The van der Waals surface area contributed by atoms with Crippen molar-refractivity contribution in [3.05, 3.63) is 52.9 Å². The van der Waals surface area contributed by atoms with E-state index in [9.17, 15) is 0 Å². The third-order valence-corrected chi connectivity index (χ3v) is 2.60. The SMILES string of the molecule is Cc1ccccc1COCc1cc(C(O)O)no1. The van der Waals surface area contributed by atoms with Gasteiger partial charge in [0, 0.05) is 6.07 Å². The molecule has 0 spiro atoms. The Hall–Kier alpha value is -1.69. The van der Waals surface area contributed by atoms with Crippen molar-refractivity contribution in [2.75, 3.05) is 0 Å². The molecule has 0 aliphatic heterocycles. The standard InChI is InChI=1S/C13H15NO4/c1-9-4-2-3-5-10(9)7-17-8-11-6-12(13(15)16)14-18-11/h2-6,13,15-16H,7-8H2,1H3. The van der Waals surface area contributed by atoms with Gasteiger partial charge in [-0.2, -0.15) is 0 Å². The number of hydrogen-bond donors (Lipinski definition) is 2. The molecule has 2 rings (SSSR count). The lowest BCUT2D eigenvalue weighted by atomic mass is 10.1. The molecule has 0 unspecified atom stereocenters. The number of aromatic nitrogens is 1. The average molecular weight is 249 g/mol. The first-order valence-corrected chi connectivity index (χ1v) is 5.60. The van der Waals surface area contributed by atoms with Gasteiger partial charge in [-0.25, -0.2) is 0 Å². The number of aliphatic hydroxyl groups excluding tert-OH is 1. The Kier molecular flexibility index (Phi) is 4.09. The van der Waals surface area contributed by atoms with E-state index in [0.717, 1.165) is 5.56 Å². The highest BCUT2D eigenvalue weighted by Gasteiger charge is 2.10. The van der Waals surface area contributed by atoms with E-state index in [4.69, 9.17) is 19.5 Å². The summed E-state index contributed by atoms with van der Waals surface area (Å²) in [5, 5.41) is 21.2. The van der Waals surface area contributed by atoms with E-state index in [-0.39, 0.29) is 12.3 Å². The highest BCUT2D eigenvalue weighted by molar-refractivity contribution is 5.24. The van der Waals surface area contributed by atoms with Crippen molar-refractivity contribution in [3.63, 3.8) is 0 Å². The summed E-state index contributed by atoms with van der Waals surface area (Å²) >= 11 is 0. The Balaban J connectivity index is 1.87. The second kappa shape index (κ2) is 5.77. The molecule has 0 saturated heterocycles. The van der Waals surface area contributed by atoms with Gasteiger partial charge in [0.2, 0.25) is 0 Å². The van der Waals surface area contributed by atoms with Crippen molar-refractivity contribution in [2.45, 2.75) is 26.4 Å². The number of aryl methyl sites for hydroxylation is 1. The maximum Gasteiger partial charge on any atom is 0.199 e. The van der Waals surface area contributed by atoms with E-state index in [2.05, 4.69) is 5.16 Å². The van der Waals surface area contributed by atoms with E-state index in [1.165, 1.54) is 11.6 Å². The lowest BCUT2D eigenvalue weighted by Crippen LogP contribution is -1.95. The van der Waals surface area contributed by atoms with Gasteiger partial charge in [-0.05, 0) is 18.1 Å². The number of nitrogens with zero attached hydrogens (tertiary/aromatic N) is 1. The molecule has 0 aliphatic carbocycles. The zero-order chi connectivity index (χ0) is 13.0. The summed E-state index contributed by atoms with van der Waals surface area (Å²) in [5.74, 6) is 0.465. The normalized spacial score (nSPS) is 11.1. The zero-order valence-electron chi connectivity index (χ0n) is 10.0. The van der Waals surface area contributed by atoms with Crippen LogP contribution in [0.3, 0.4) is 0 Å². The summed E-state index contributed by atoms with van der Waals surface area (Å²) < 4.78 is 10.4. The lowest BCUT2D eigenvalue weighted by molar-refractivity contribution is -0.0477. The molecule has 1 aromatic heterocycles. The van der Waals surface area contributed by atoms with Crippen LogP contribution in [-0.4, -0.2) is 15.4 Å². The van der Waals surface area contributed by atoms with Crippen LogP contribution in [0.1, 0.15) is 28.9 Å².